The second-order valence-corrected chi connectivity index (χ2v) is 21.4. The second-order valence-electron chi connectivity index (χ2n) is 21.4. The molecule has 1 N–H and O–H groups in total. The number of fused-ring (bicyclic) bond motifs is 2. The smallest absolute Gasteiger partial charge is 0.410 e. The predicted molar refractivity (Wildman–Crippen MR) is 286 cm³/mol. The highest BCUT2D eigenvalue weighted by Crippen LogP contribution is 2.39. The SMILES string of the molecule is CC(C)(C)OC(=O)N1CCC(n2ccc3c(-c4ccc(OCc5ccccc5)nc4OCc4ccccc4)cccc32)CC1.CC(C)(C)OC(=O)N1CCC(n2ccc3c(C4CCC(=O)NC4=O)cccc32)CC1. The minimum Gasteiger partial charge on any atom is -0.473 e. The fourth-order valence-electron chi connectivity index (χ4n) is 10.1. The molecule has 0 bridgehead atoms. The van der Waals surface area contributed by atoms with Crippen molar-refractivity contribution in [2.75, 3.05) is 26.2 Å². The van der Waals surface area contributed by atoms with Crippen LogP contribution >= 0.6 is 0 Å². The fraction of sp³-hybridized carbons (Fsp3) is 0.383. The molecule has 14 nitrogen and oxygen atoms in total. The zero-order chi connectivity index (χ0) is 52.0. The lowest BCUT2D eigenvalue weighted by Crippen LogP contribution is -2.42. The zero-order valence-corrected chi connectivity index (χ0v) is 43.4. The van der Waals surface area contributed by atoms with Crippen LogP contribution in [0.15, 0.2) is 134 Å². The molecule has 0 aliphatic carbocycles. The number of benzene rings is 4. The molecule has 4 amide bonds. The number of carbonyl (C=O) groups excluding carboxylic acids is 4. The van der Waals surface area contributed by atoms with Crippen molar-refractivity contribution < 1.29 is 38.1 Å². The molecule has 7 aromatic rings. The zero-order valence-electron chi connectivity index (χ0n) is 43.4. The summed E-state index contributed by atoms with van der Waals surface area (Å²) in [5, 5.41) is 4.65. The Kier molecular flexibility index (Phi) is 15.4. The van der Waals surface area contributed by atoms with Crippen molar-refractivity contribution in [3.8, 4) is 22.9 Å². The molecular formula is C60H68N6O8. The van der Waals surface area contributed by atoms with E-state index in [0.717, 1.165) is 75.3 Å². The van der Waals surface area contributed by atoms with Gasteiger partial charge in [0.15, 0.2) is 0 Å². The molecule has 3 aliphatic heterocycles. The van der Waals surface area contributed by atoms with Gasteiger partial charge in [0.2, 0.25) is 23.6 Å². The first kappa shape index (κ1) is 51.3. The normalized spacial score (nSPS) is 16.9. The molecule has 10 rings (SSSR count). The van der Waals surface area contributed by atoms with E-state index in [4.69, 9.17) is 23.9 Å². The number of aromatic nitrogens is 3. The highest BCUT2D eigenvalue weighted by atomic mass is 16.6. The van der Waals surface area contributed by atoms with Gasteiger partial charge in [-0.2, -0.15) is 4.98 Å². The average molecular weight is 1000 g/mol. The van der Waals surface area contributed by atoms with Gasteiger partial charge in [-0.25, -0.2) is 9.59 Å². The van der Waals surface area contributed by atoms with Crippen LogP contribution < -0.4 is 14.8 Å². The maximum atomic E-state index is 12.6. The average Bonchev–Trinajstić information content (AvgIpc) is 4.04. The van der Waals surface area contributed by atoms with Crippen LogP contribution in [0.5, 0.6) is 11.8 Å². The number of likely N-dealkylation sites (tertiary alicyclic amines) is 2. The van der Waals surface area contributed by atoms with Crippen molar-refractivity contribution in [3.05, 3.63) is 150 Å². The van der Waals surface area contributed by atoms with Gasteiger partial charge in [-0.3, -0.25) is 14.9 Å². The van der Waals surface area contributed by atoms with Crippen molar-refractivity contribution in [1.82, 2.24) is 29.2 Å². The molecule has 3 saturated heterocycles. The lowest BCUT2D eigenvalue weighted by Gasteiger charge is -2.34. The third-order valence-electron chi connectivity index (χ3n) is 13.8. The standard InChI is InChI=1S/C37H39N3O4.C23H29N3O4/c1-37(2,3)44-36(41)39-22-19-29(20-23-39)40-24-21-31-30(15-10-16-33(31)40)32-17-18-34(42-25-27-11-6-4-7-12-27)38-35(32)43-26-28-13-8-5-9-14-28;1-23(2,3)30-22(29)25-12-9-15(10-13-25)26-14-11-17-16(5-4-6-19(17)26)18-7-8-20(27)24-21(18)28/h4-18,21,24,29H,19-20,22-23,25-26H2,1-3H3;4-6,11,14-15,18H,7-10,12-13H2,1-3H3,(H,24,27,28). The Hall–Kier alpha value is -7.61. The molecule has 14 heteroatoms. The highest BCUT2D eigenvalue weighted by Gasteiger charge is 2.32. The summed E-state index contributed by atoms with van der Waals surface area (Å²) in [6.07, 6.45) is 8.12. The number of hydrogen-bond acceptors (Lipinski definition) is 9. The summed E-state index contributed by atoms with van der Waals surface area (Å²) in [7, 11) is 0. The molecule has 0 spiro atoms. The van der Waals surface area contributed by atoms with E-state index < -0.39 is 11.2 Å². The van der Waals surface area contributed by atoms with E-state index in [-0.39, 0.29) is 36.0 Å². The summed E-state index contributed by atoms with van der Waals surface area (Å²) in [6.45, 7) is 14.8. The van der Waals surface area contributed by atoms with Crippen LogP contribution in [0, 0.1) is 0 Å². The van der Waals surface area contributed by atoms with E-state index in [1.165, 1.54) is 0 Å². The third kappa shape index (κ3) is 12.4. The van der Waals surface area contributed by atoms with E-state index in [1.807, 2.05) is 131 Å². The summed E-state index contributed by atoms with van der Waals surface area (Å²) < 4.78 is 28.1. The van der Waals surface area contributed by atoms with Gasteiger partial charge in [-0.05, 0) is 126 Å². The Bertz CT molecular complexity index is 3080. The van der Waals surface area contributed by atoms with E-state index >= 15 is 0 Å². The Morgan fingerprint density at radius 2 is 1.08 bits per heavy atom. The Balaban J connectivity index is 0.000000195. The first-order chi connectivity index (χ1) is 35.6. The van der Waals surface area contributed by atoms with Crippen molar-refractivity contribution in [1.29, 1.82) is 0 Å². The van der Waals surface area contributed by atoms with Crippen molar-refractivity contribution in [2.24, 2.45) is 0 Å². The lowest BCUT2D eigenvalue weighted by atomic mass is 9.88. The Morgan fingerprint density at radius 3 is 1.62 bits per heavy atom. The highest BCUT2D eigenvalue weighted by molar-refractivity contribution is 6.03. The van der Waals surface area contributed by atoms with Crippen LogP contribution in [0.4, 0.5) is 9.59 Å². The summed E-state index contributed by atoms with van der Waals surface area (Å²) in [5.41, 5.74) is 6.34. The van der Waals surface area contributed by atoms with Gasteiger partial charge in [-0.1, -0.05) is 84.9 Å². The molecular weight excluding hydrogens is 933 g/mol. The van der Waals surface area contributed by atoms with Crippen molar-refractivity contribution in [2.45, 2.75) is 122 Å². The maximum Gasteiger partial charge on any atom is 0.410 e. The van der Waals surface area contributed by atoms with Crippen LogP contribution in [0.2, 0.25) is 0 Å². The summed E-state index contributed by atoms with van der Waals surface area (Å²) in [4.78, 5) is 57.2. The van der Waals surface area contributed by atoms with Gasteiger partial charge in [0.05, 0.1) is 5.92 Å². The number of ether oxygens (including phenoxy) is 4. The van der Waals surface area contributed by atoms with Gasteiger partial charge in [0, 0.05) is 90.5 Å². The van der Waals surface area contributed by atoms with Gasteiger partial charge in [0.25, 0.3) is 0 Å². The minimum absolute atomic E-state index is 0.197. The molecule has 4 aromatic carbocycles. The lowest BCUT2D eigenvalue weighted by molar-refractivity contribution is -0.134. The number of pyridine rings is 1. The number of piperidine rings is 3. The minimum atomic E-state index is -0.494. The molecule has 74 heavy (non-hydrogen) atoms. The number of rotatable bonds is 10. The van der Waals surface area contributed by atoms with Crippen LogP contribution in [-0.2, 0) is 32.3 Å². The summed E-state index contributed by atoms with van der Waals surface area (Å²) in [6, 6.07) is 41.4. The Morgan fingerprint density at radius 1 is 0.568 bits per heavy atom. The first-order valence-electron chi connectivity index (χ1n) is 25.9. The number of amides is 4. The van der Waals surface area contributed by atoms with E-state index in [0.29, 0.717) is 70.0 Å². The number of carbonyl (C=O) groups is 4. The van der Waals surface area contributed by atoms with Crippen LogP contribution in [0.1, 0.15) is 115 Å². The molecule has 6 heterocycles. The monoisotopic (exact) mass is 1000 g/mol. The summed E-state index contributed by atoms with van der Waals surface area (Å²) >= 11 is 0. The first-order valence-corrected chi connectivity index (χ1v) is 25.9. The molecule has 3 aromatic heterocycles. The van der Waals surface area contributed by atoms with Gasteiger partial charge >= 0.3 is 12.2 Å². The third-order valence-corrected chi connectivity index (χ3v) is 13.8. The number of imide groups is 1. The van der Waals surface area contributed by atoms with E-state index in [2.05, 4.69) is 63.2 Å². The maximum absolute atomic E-state index is 12.6. The molecule has 386 valence electrons. The van der Waals surface area contributed by atoms with Crippen LogP contribution in [-0.4, -0.2) is 85.3 Å². The summed E-state index contributed by atoms with van der Waals surface area (Å²) in [5.74, 6) is 0.346. The van der Waals surface area contributed by atoms with Crippen molar-refractivity contribution in [3.63, 3.8) is 0 Å². The van der Waals surface area contributed by atoms with Crippen LogP contribution in [0.25, 0.3) is 32.9 Å². The second kappa shape index (κ2) is 22.2. The van der Waals surface area contributed by atoms with Gasteiger partial charge < -0.3 is 37.9 Å². The predicted octanol–water partition coefficient (Wildman–Crippen LogP) is 12.2. The molecule has 1 atom stereocenters. The molecule has 0 saturated carbocycles. The number of nitrogens with zero attached hydrogens (tertiary/aromatic N) is 5. The van der Waals surface area contributed by atoms with E-state index in [9.17, 15) is 19.2 Å². The van der Waals surface area contributed by atoms with Crippen molar-refractivity contribution >= 4 is 45.8 Å². The van der Waals surface area contributed by atoms with E-state index in [1.54, 1.807) is 4.90 Å². The molecule has 3 aliphatic rings. The number of hydrogen-bond donors (Lipinski definition) is 1. The van der Waals surface area contributed by atoms with Gasteiger partial charge in [-0.15, -0.1) is 0 Å². The largest absolute Gasteiger partial charge is 0.473 e. The topological polar surface area (TPSA) is 146 Å². The molecule has 3 fully saturated rings. The number of nitrogens with one attached hydrogen (secondary N) is 1. The quantitative estimate of drug-likeness (QED) is 0.132. The fourth-order valence-corrected chi connectivity index (χ4v) is 10.1. The molecule has 1 unspecified atom stereocenters. The van der Waals surface area contributed by atoms with Crippen LogP contribution in [0.3, 0.4) is 0 Å². The Labute approximate surface area is 433 Å². The molecule has 0 radical (unpaired) electrons. The van der Waals surface area contributed by atoms with Gasteiger partial charge in [0.1, 0.15) is 24.4 Å².